The summed E-state index contributed by atoms with van der Waals surface area (Å²) in [7, 11) is 0. The minimum atomic E-state index is 0.174. The number of likely N-dealkylation sites (tertiary alicyclic amines) is 1. The minimum absolute atomic E-state index is 0.174. The number of benzene rings is 2. The second-order valence-corrected chi connectivity index (χ2v) is 6.78. The highest BCUT2D eigenvalue weighted by Gasteiger charge is 2.35. The molecule has 1 saturated heterocycles. The smallest absolute Gasteiger partial charge is 0.223 e. The number of carbonyl (C=O) groups is 1. The van der Waals surface area contributed by atoms with Gasteiger partial charge in [0.1, 0.15) is 0 Å². The van der Waals surface area contributed by atoms with Crippen molar-refractivity contribution in [2.75, 3.05) is 19.6 Å². The Hall–Kier alpha value is -2.13. The van der Waals surface area contributed by atoms with Crippen LogP contribution in [0.25, 0.3) is 11.1 Å². The van der Waals surface area contributed by atoms with Crippen molar-refractivity contribution in [3.05, 3.63) is 59.7 Å². The minimum Gasteiger partial charge on any atom is -0.356 e. The molecule has 0 aromatic heterocycles. The van der Waals surface area contributed by atoms with Crippen LogP contribution in [0.15, 0.2) is 48.5 Å². The first-order valence-electron chi connectivity index (χ1n) is 8.99. The standard InChI is InChI=1S/C21H24N2O/c1-2-22-21(24)15-11-13-23(14-12-15)20-18-9-5-3-7-16(18)17-8-4-6-10-19(17)20/h3-10,15,20H,2,11-14H2,1H3,(H,22,24). The van der Waals surface area contributed by atoms with E-state index in [4.69, 9.17) is 0 Å². The van der Waals surface area contributed by atoms with Crippen molar-refractivity contribution in [2.24, 2.45) is 5.92 Å². The van der Waals surface area contributed by atoms with Crippen LogP contribution in [0.2, 0.25) is 0 Å². The molecule has 0 spiro atoms. The van der Waals surface area contributed by atoms with Crippen molar-refractivity contribution in [3.63, 3.8) is 0 Å². The van der Waals surface area contributed by atoms with Gasteiger partial charge in [-0.1, -0.05) is 48.5 Å². The Balaban J connectivity index is 1.58. The van der Waals surface area contributed by atoms with Crippen molar-refractivity contribution in [1.82, 2.24) is 10.2 Å². The maximum atomic E-state index is 12.1. The highest BCUT2D eigenvalue weighted by atomic mass is 16.1. The fourth-order valence-electron chi connectivity index (χ4n) is 4.26. The molecule has 0 radical (unpaired) electrons. The molecule has 1 aliphatic heterocycles. The zero-order chi connectivity index (χ0) is 16.5. The Kier molecular flexibility index (Phi) is 4.11. The molecule has 3 nitrogen and oxygen atoms in total. The van der Waals surface area contributed by atoms with Crippen LogP contribution in [0.5, 0.6) is 0 Å². The molecule has 1 heterocycles. The van der Waals surface area contributed by atoms with E-state index in [2.05, 4.69) is 58.7 Å². The Labute approximate surface area is 143 Å². The molecular weight excluding hydrogens is 296 g/mol. The lowest BCUT2D eigenvalue weighted by Gasteiger charge is -2.36. The molecule has 3 heteroatoms. The largest absolute Gasteiger partial charge is 0.356 e. The summed E-state index contributed by atoms with van der Waals surface area (Å²) in [5.74, 6) is 0.400. The number of fused-ring (bicyclic) bond motifs is 3. The Morgan fingerprint density at radius 3 is 2.08 bits per heavy atom. The van der Waals surface area contributed by atoms with Gasteiger partial charge in [-0.25, -0.2) is 0 Å². The average Bonchev–Trinajstić information content (AvgIpc) is 2.97. The van der Waals surface area contributed by atoms with Gasteiger partial charge in [0, 0.05) is 12.5 Å². The topological polar surface area (TPSA) is 32.3 Å². The first kappa shape index (κ1) is 15.4. The number of piperidine rings is 1. The van der Waals surface area contributed by atoms with Gasteiger partial charge in [0.25, 0.3) is 0 Å². The maximum absolute atomic E-state index is 12.1. The quantitative estimate of drug-likeness (QED) is 0.937. The van der Waals surface area contributed by atoms with E-state index in [1.807, 2.05) is 6.92 Å². The molecule has 2 aromatic carbocycles. The zero-order valence-electron chi connectivity index (χ0n) is 14.2. The van der Waals surface area contributed by atoms with Gasteiger partial charge in [-0.3, -0.25) is 9.69 Å². The average molecular weight is 320 g/mol. The normalized spacial score (nSPS) is 18.2. The molecule has 2 aromatic rings. The summed E-state index contributed by atoms with van der Waals surface area (Å²) in [5.41, 5.74) is 5.55. The van der Waals surface area contributed by atoms with E-state index in [0.29, 0.717) is 6.04 Å². The number of carbonyl (C=O) groups excluding carboxylic acids is 1. The molecule has 1 N–H and O–H groups in total. The van der Waals surface area contributed by atoms with Gasteiger partial charge in [-0.05, 0) is 55.1 Å². The molecule has 2 aliphatic rings. The number of nitrogens with one attached hydrogen (secondary N) is 1. The van der Waals surface area contributed by atoms with Crippen LogP contribution in [0.3, 0.4) is 0 Å². The lowest BCUT2D eigenvalue weighted by atomic mass is 9.93. The third-order valence-electron chi connectivity index (χ3n) is 5.42. The summed E-state index contributed by atoms with van der Waals surface area (Å²) in [5, 5.41) is 2.97. The van der Waals surface area contributed by atoms with Gasteiger partial charge in [-0.15, -0.1) is 0 Å². The Morgan fingerprint density at radius 1 is 1.00 bits per heavy atom. The Morgan fingerprint density at radius 2 is 1.54 bits per heavy atom. The highest BCUT2D eigenvalue weighted by molar-refractivity contribution is 5.79. The molecule has 0 saturated carbocycles. The van der Waals surface area contributed by atoms with Crippen molar-refractivity contribution >= 4 is 5.91 Å². The van der Waals surface area contributed by atoms with Gasteiger partial charge >= 0.3 is 0 Å². The predicted octanol–water partition coefficient (Wildman–Crippen LogP) is 3.60. The van der Waals surface area contributed by atoms with Crippen molar-refractivity contribution in [1.29, 1.82) is 0 Å². The zero-order valence-corrected chi connectivity index (χ0v) is 14.2. The molecule has 4 rings (SSSR count). The molecule has 1 fully saturated rings. The fraction of sp³-hybridized carbons (Fsp3) is 0.381. The van der Waals surface area contributed by atoms with E-state index in [1.165, 1.54) is 22.3 Å². The van der Waals surface area contributed by atoms with E-state index in [-0.39, 0.29) is 11.8 Å². The van der Waals surface area contributed by atoms with E-state index in [9.17, 15) is 4.79 Å². The van der Waals surface area contributed by atoms with Crippen LogP contribution in [-0.4, -0.2) is 30.4 Å². The van der Waals surface area contributed by atoms with Gasteiger partial charge < -0.3 is 5.32 Å². The summed E-state index contributed by atoms with van der Waals surface area (Å²) in [6, 6.07) is 17.8. The lowest BCUT2D eigenvalue weighted by molar-refractivity contribution is -0.126. The first-order chi connectivity index (χ1) is 11.8. The number of hydrogen-bond donors (Lipinski definition) is 1. The maximum Gasteiger partial charge on any atom is 0.223 e. The summed E-state index contributed by atoms with van der Waals surface area (Å²) in [6.45, 7) is 4.67. The Bertz CT molecular complexity index is 702. The van der Waals surface area contributed by atoms with Gasteiger partial charge in [0.05, 0.1) is 6.04 Å². The second-order valence-electron chi connectivity index (χ2n) is 6.78. The van der Waals surface area contributed by atoms with Crippen LogP contribution in [-0.2, 0) is 4.79 Å². The molecule has 1 aliphatic carbocycles. The summed E-state index contributed by atoms with van der Waals surface area (Å²) in [4.78, 5) is 14.6. The monoisotopic (exact) mass is 320 g/mol. The third kappa shape index (κ3) is 2.53. The van der Waals surface area contributed by atoms with E-state index >= 15 is 0 Å². The number of nitrogens with zero attached hydrogens (tertiary/aromatic N) is 1. The third-order valence-corrected chi connectivity index (χ3v) is 5.42. The predicted molar refractivity (Wildman–Crippen MR) is 96.7 cm³/mol. The van der Waals surface area contributed by atoms with Crippen molar-refractivity contribution < 1.29 is 4.79 Å². The van der Waals surface area contributed by atoms with Crippen molar-refractivity contribution in [2.45, 2.75) is 25.8 Å². The molecule has 24 heavy (non-hydrogen) atoms. The highest BCUT2D eigenvalue weighted by Crippen LogP contribution is 2.46. The number of amides is 1. The molecule has 124 valence electrons. The fourth-order valence-corrected chi connectivity index (χ4v) is 4.26. The van der Waals surface area contributed by atoms with E-state index in [0.717, 1.165) is 32.5 Å². The van der Waals surface area contributed by atoms with Crippen LogP contribution < -0.4 is 5.32 Å². The lowest BCUT2D eigenvalue weighted by Crippen LogP contribution is -2.41. The number of hydrogen-bond acceptors (Lipinski definition) is 2. The summed E-state index contributed by atoms with van der Waals surface area (Å²) >= 11 is 0. The molecule has 0 unspecified atom stereocenters. The van der Waals surface area contributed by atoms with Gasteiger partial charge in [0.15, 0.2) is 0 Å². The molecular formula is C21H24N2O. The summed E-state index contributed by atoms with van der Waals surface area (Å²) < 4.78 is 0. The second kappa shape index (κ2) is 6.40. The van der Waals surface area contributed by atoms with Gasteiger partial charge in [-0.2, -0.15) is 0 Å². The van der Waals surface area contributed by atoms with Crippen LogP contribution in [0.1, 0.15) is 36.9 Å². The van der Waals surface area contributed by atoms with E-state index in [1.54, 1.807) is 0 Å². The van der Waals surface area contributed by atoms with Crippen LogP contribution in [0.4, 0.5) is 0 Å². The number of rotatable bonds is 3. The first-order valence-corrected chi connectivity index (χ1v) is 8.99. The molecule has 0 bridgehead atoms. The van der Waals surface area contributed by atoms with Crippen molar-refractivity contribution in [3.8, 4) is 11.1 Å². The van der Waals surface area contributed by atoms with Crippen LogP contribution >= 0.6 is 0 Å². The molecule has 0 atom stereocenters. The summed E-state index contributed by atoms with van der Waals surface area (Å²) in [6.07, 6.45) is 1.90. The van der Waals surface area contributed by atoms with Crippen LogP contribution in [0, 0.1) is 5.92 Å². The molecule has 1 amide bonds. The SMILES string of the molecule is CCNC(=O)C1CCN(C2c3ccccc3-c3ccccc32)CC1. The van der Waals surface area contributed by atoms with E-state index < -0.39 is 0 Å². The van der Waals surface area contributed by atoms with Gasteiger partial charge in [0.2, 0.25) is 5.91 Å².